The lowest BCUT2D eigenvalue weighted by molar-refractivity contribution is -0.118. The van der Waals surface area contributed by atoms with Crippen molar-refractivity contribution in [1.29, 1.82) is 0 Å². The van der Waals surface area contributed by atoms with Crippen molar-refractivity contribution in [3.8, 4) is 28.6 Å². The molecule has 0 radical (unpaired) electrons. The summed E-state index contributed by atoms with van der Waals surface area (Å²) in [6.45, 7) is 9.27. The van der Waals surface area contributed by atoms with Crippen molar-refractivity contribution in [3.63, 3.8) is 0 Å². The minimum Gasteiger partial charge on any atom is -0.493 e. The van der Waals surface area contributed by atoms with E-state index in [9.17, 15) is 4.79 Å². The first kappa shape index (κ1) is 27.1. The molecule has 0 bridgehead atoms. The highest BCUT2D eigenvalue weighted by Crippen LogP contribution is 2.39. The highest BCUT2D eigenvalue weighted by atomic mass is 32.2. The molecule has 3 rings (SSSR count). The third-order valence-electron chi connectivity index (χ3n) is 5.50. The van der Waals surface area contributed by atoms with E-state index < -0.39 is 0 Å². The number of rotatable bonds is 10. The van der Waals surface area contributed by atoms with Gasteiger partial charge in [-0.2, -0.15) is 5.10 Å². The van der Waals surface area contributed by atoms with Crippen molar-refractivity contribution in [2.75, 3.05) is 27.1 Å². The molecule has 3 aromatic rings. The molecule has 36 heavy (non-hydrogen) atoms. The van der Waals surface area contributed by atoms with Crippen molar-refractivity contribution in [2.24, 2.45) is 5.10 Å². The molecule has 1 aromatic heterocycles. The number of methoxy groups -OCH3 is 3. The van der Waals surface area contributed by atoms with Gasteiger partial charge in [-0.1, -0.05) is 56.8 Å². The molecule has 10 heteroatoms. The van der Waals surface area contributed by atoms with E-state index in [1.165, 1.54) is 37.8 Å². The third kappa shape index (κ3) is 6.17. The van der Waals surface area contributed by atoms with Gasteiger partial charge in [-0.15, -0.1) is 10.2 Å². The molecule has 1 heterocycles. The Kier molecular flexibility index (Phi) is 8.98. The maximum atomic E-state index is 12.4. The summed E-state index contributed by atoms with van der Waals surface area (Å²) in [7, 11) is 4.61. The second kappa shape index (κ2) is 11.9. The molecule has 2 aromatic carbocycles. The number of nitrogens with zero attached hydrogens (tertiary/aromatic N) is 4. The maximum absolute atomic E-state index is 12.4. The van der Waals surface area contributed by atoms with Crippen molar-refractivity contribution >= 4 is 23.9 Å². The molecule has 1 N–H and O–H groups in total. The predicted molar refractivity (Wildman–Crippen MR) is 142 cm³/mol. The van der Waals surface area contributed by atoms with Crippen molar-refractivity contribution in [3.05, 3.63) is 47.5 Å². The molecule has 0 saturated carbocycles. The van der Waals surface area contributed by atoms with Gasteiger partial charge in [0, 0.05) is 17.7 Å². The lowest BCUT2D eigenvalue weighted by atomic mass is 9.87. The summed E-state index contributed by atoms with van der Waals surface area (Å²) >= 11 is 1.31. The van der Waals surface area contributed by atoms with Crippen LogP contribution in [0.3, 0.4) is 0 Å². The Morgan fingerprint density at radius 2 is 1.72 bits per heavy atom. The van der Waals surface area contributed by atoms with Gasteiger partial charge >= 0.3 is 0 Å². The summed E-state index contributed by atoms with van der Waals surface area (Å²) < 4.78 is 18.1. The lowest BCUT2D eigenvalue weighted by Crippen LogP contribution is -2.20. The van der Waals surface area contributed by atoms with Crippen LogP contribution in [0.5, 0.6) is 17.2 Å². The average Bonchev–Trinajstić information content (AvgIpc) is 3.29. The monoisotopic (exact) mass is 511 g/mol. The SMILES string of the molecule is CCn1c(SCC(=O)NN=Cc2ccc(OC)c(OC)c2OC)nnc1-c1ccc(C(C)(C)C)cc1. The van der Waals surface area contributed by atoms with E-state index in [2.05, 4.69) is 65.8 Å². The number of hydrogen-bond donors (Lipinski definition) is 1. The Morgan fingerprint density at radius 3 is 2.31 bits per heavy atom. The number of aromatic nitrogens is 3. The molecule has 1 amide bonds. The molecule has 0 spiro atoms. The van der Waals surface area contributed by atoms with Gasteiger partial charge in [0.25, 0.3) is 5.91 Å². The number of carbonyl (C=O) groups is 1. The molecular formula is C26H33N5O4S. The summed E-state index contributed by atoms with van der Waals surface area (Å²) in [5, 5.41) is 13.4. The van der Waals surface area contributed by atoms with Crippen LogP contribution in [-0.2, 0) is 16.8 Å². The van der Waals surface area contributed by atoms with E-state index in [-0.39, 0.29) is 17.1 Å². The third-order valence-corrected chi connectivity index (χ3v) is 6.47. The van der Waals surface area contributed by atoms with Gasteiger partial charge in [-0.3, -0.25) is 4.79 Å². The molecule has 0 aliphatic carbocycles. The van der Waals surface area contributed by atoms with E-state index >= 15 is 0 Å². The van der Waals surface area contributed by atoms with Crippen LogP contribution in [0.25, 0.3) is 11.4 Å². The summed E-state index contributed by atoms with van der Waals surface area (Å²) in [6.07, 6.45) is 1.50. The number of carbonyl (C=O) groups excluding carboxylic acids is 1. The number of hydrogen-bond acceptors (Lipinski definition) is 8. The first-order valence-corrected chi connectivity index (χ1v) is 12.5. The van der Waals surface area contributed by atoms with E-state index in [1.807, 2.05) is 11.5 Å². The van der Waals surface area contributed by atoms with Crippen LogP contribution in [0.15, 0.2) is 46.7 Å². The highest BCUT2D eigenvalue weighted by molar-refractivity contribution is 7.99. The van der Waals surface area contributed by atoms with Crippen molar-refractivity contribution < 1.29 is 19.0 Å². The van der Waals surface area contributed by atoms with E-state index in [1.54, 1.807) is 19.2 Å². The number of hydrazone groups is 1. The van der Waals surface area contributed by atoms with Gasteiger partial charge < -0.3 is 18.8 Å². The molecule has 192 valence electrons. The van der Waals surface area contributed by atoms with Gasteiger partial charge in [0.05, 0.1) is 33.3 Å². The smallest absolute Gasteiger partial charge is 0.250 e. The Morgan fingerprint density at radius 1 is 1.03 bits per heavy atom. The minimum absolute atomic E-state index is 0.0817. The highest BCUT2D eigenvalue weighted by Gasteiger charge is 2.18. The van der Waals surface area contributed by atoms with Crippen LogP contribution in [0.2, 0.25) is 0 Å². The molecule has 0 saturated heterocycles. The molecule has 0 atom stereocenters. The fourth-order valence-corrected chi connectivity index (χ4v) is 4.37. The first-order valence-electron chi connectivity index (χ1n) is 11.5. The minimum atomic E-state index is -0.266. The Hall–Kier alpha value is -3.53. The molecule has 0 aliphatic rings. The van der Waals surface area contributed by atoms with Gasteiger partial charge in [-0.05, 0) is 30.0 Å². The summed E-state index contributed by atoms with van der Waals surface area (Å²) in [6, 6.07) is 11.9. The number of amides is 1. The lowest BCUT2D eigenvalue weighted by Gasteiger charge is -2.19. The standard InChI is InChI=1S/C26H33N5O4S/c1-8-31-24(17-9-12-19(13-10-17)26(2,3)4)29-30-25(31)36-16-21(32)28-27-15-18-11-14-20(33-5)23(35-7)22(18)34-6/h9-15H,8,16H2,1-7H3,(H,28,32). The molecule has 9 nitrogen and oxygen atoms in total. The zero-order valence-electron chi connectivity index (χ0n) is 21.8. The van der Waals surface area contributed by atoms with Crippen LogP contribution >= 0.6 is 11.8 Å². The van der Waals surface area contributed by atoms with Gasteiger partial charge in [0.15, 0.2) is 22.5 Å². The van der Waals surface area contributed by atoms with Gasteiger partial charge in [-0.25, -0.2) is 5.43 Å². The quantitative estimate of drug-likeness (QED) is 0.242. The number of nitrogens with one attached hydrogen (secondary N) is 1. The second-order valence-electron chi connectivity index (χ2n) is 8.88. The first-order chi connectivity index (χ1) is 17.2. The van der Waals surface area contributed by atoms with Crippen LogP contribution < -0.4 is 19.6 Å². The summed E-state index contributed by atoms with van der Waals surface area (Å²) in [5.74, 6) is 2.10. The zero-order chi connectivity index (χ0) is 26.3. The molecule has 0 fully saturated rings. The Bertz CT molecular complexity index is 1220. The topological polar surface area (TPSA) is 99.9 Å². The predicted octanol–water partition coefficient (Wildman–Crippen LogP) is 4.53. The second-order valence-corrected chi connectivity index (χ2v) is 9.83. The summed E-state index contributed by atoms with van der Waals surface area (Å²) in [5.41, 5.74) is 5.50. The maximum Gasteiger partial charge on any atom is 0.250 e. The van der Waals surface area contributed by atoms with Crippen LogP contribution in [0.4, 0.5) is 0 Å². The molecular weight excluding hydrogens is 478 g/mol. The normalized spacial score (nSPS) is 11.5. The van der Waals surface area contributed by atoms with Gasteiger partial charge in [0.2, 0.25) is 5.75 Å². The van der Waals surface area contributed by atoms with Crippen LogP contribution in [-0.4, -0.2) is 54.0 Å². The van der Waals surface area contributed by atoms with E-state index in [0.717, 1.165) is 11.4 Å². The number of benzene rings is 2. The number of ether oxygens (including phenoxy) is 3. The van der Waals surface area contributed by atoms with Crippen molar-refractivity contribution in [2.45, 2.75) is 44.8 Å². The average molecular weight is 512 g/mol. The molecule has 0 aliphatic heterocycles. The Labute approximate surface area is 216 Å². The van der Waals surface area contributed by atoms with E-state index in [0.29, 0.717) is 34.5 Å². The Balaban J connectivity index is 1.65. The van der Waals surface area contributed by atoms with Gasteiger partial charge in [0.1, 0.15) is 0 Å². The summed E-state index contributed by atoms with van der Waals surface area (Å²) in [4.78, 5) is 12.4. The van der Waals surface area contributed by atoms with Crippen molar-refractivity contribution in [1.82, 2.24) is 20.2 Å². The molecule has 0 unspecified atom stereocenters. The number of thioether (sulfide) groups is 1. The fraction of sp³-hybridized carbons (Fsp3) is 0.385. The van der Waals surface area contributed by atoms with Crippen LogP contribution in [0.1, 0.15) is 38.8 Å². The van der Waals surface area contributed by atoms with E-state index in [4.69, 9.17) is 14.2 Å². The fourth-order valence-electron chi connectivity index (χ4n) is 3.58. The zero-order valence-corrected chi connectivity index (χ0v) is 22.6. The largest absolute Gasteiger partial charge is 0.493 e. The van der Waals surface area contributed by atoms with Crippen LogP contribution in [0, 0.1) is 0 Å².